The van der Waals surface area contributed by atoms with Gasteiger partial charge in [0, 0.05) is 19.6 Å². The molecule has 0 unspecified atom stereocenters. The van der Waals surface area contributed by atoms with Gasteiger partial charge in [-0.1, -0.05) is 30.3 Å². The zero-order chi connectivity index (χ0) is 16.4. The van der Waals surface area contributed by atoms with E-state index in [1.54, 1.807) is 0 Å². The van der Waals surface area contributed by atoms with Crippen LogP contribution in [0.5, 0.6) is 0 Å². The van der Waals surface area contributed by atoms with E-state index in [0.717, 1.165) is 5.56 Å². The van der Waals surface area contributed by atoms with E-state index in [4.69, 9.17) is 18.9 Å². The summed E-state index contributed by atoms with van der Waals surface area (Å²) in [5.41, 5.74) is 0.864. The Morgan fingerprint density at radius 3 is 2.70 bits per heavy atom. The Bertz CT molecular complexity index is 539. The molecule has 3 rings (SSSR count). The highest BCUT2D eigenvalue weighted by molar-refractivity contribution is 5.73. The summed E-state index contributed by atoms with van der Waals surface area (Å²) in [5.74, 6) is -0.273. The van der Waals surface area contributed by atoms with Gasteiger partial charge in [0.05, 0.1) is 6.61 Å². The molecule has 1 amide bonds. The van der Waals surface area contributed by atoms with E-state index in [1.165, 1.54) is 14.0 Å². The fourth-order valence-electron chi connectivity index (χ4n) is 2.96. The zero-order valence-corrected chi connectivity index (χ0v) is 13.0. The van der Waals surface area contributed by atoms with Crippen LogP contribution in [0.15, 0.2) is 30.3 Å². The highest BCUT2D eigenvalue weighted by Crippen LogP contribution is 2.34. The van der Waals surface area contributed by atoms with Crippen molar-refractivity contribution in [1.82, 2.24) is 5.32 Å². The summed E-state index contributed by atoms with van der Waals surface area (Å²) in [7, 11) is 1.46. The smallest absolute Gasteiger partial charge is 0.217 e. The number of carbonyl (C=O) groups is 1. The number of methoxy groups -OCH3 is 1. The highest BCUT2D eigenvalue weighted by atomic mass is 16.7. The molecule has 126 valence electrons. The predicted octanol–water partition coefficient (Wildman–Crippen LogP) is 0.337. The number of aliphatic hydroxyl groups is 1. The average molecular weight is 323 g/mol. The first kappa shape index (κ1) is 16.4. The van der Waals surface area contributed by atoms with Crippen molar-refractivity contribution < 1.29 is 28.8 Å². The van der Waals surface area contributed by atoms with Crippen LogP contribution in [-0.4, -0.2) is 55.4 Å². The second-order valence-electron chi connectivity index (χ2n) is 5.67. The maximum Gasteiger partial charge on any atom is 0.217 e. The Morgan fingerprint density at radius 2 is 2.04 bits per heavy atom. The Balaban J connectivity index is 1.76. The summed E-state index contributed by atoms with van der Waals surface area (Å²) >= 11 is 0. The molecule has 0 radical (unpaired) electrons. The molecule has 23 heavy (non-hydrogen) atoms. The second kappa shape index (κ2) is 6.94. The van der Waals surface area contributed by atoms with Crippen molar-refractivity contribution in [2.75, 3.05) is 13.7 Å². The lowest BCUT2D eigenvalue weighted by Crippen LogP contribution is -2.66. The first-order chi connectivity index (χ1) is 11.1. The van der Waals surface area contributed by atoms with Crippen LogP contribution in [-0.2, 0) is 23.7 Å². The molecule has 2 aliphatic heterocycles. The van der Waals surface area contributed by atoms with E-state index in [2.05, 4.69) is 5.32 Å². The monoisotopic (exact) mass is 323 g/mol. The molecule has 1 aromatic rings. The van der Waals surface area contributed by atoms with Gasteiger partial charge in [0.25, 0.3) is 0 Å². The van der Waals surface area contributed by atoms with E-state index < -0.39 is 36.9 Å². The van der Waals surface area contributed by atoms with Crippen molar-refractivity contribution in [3.8, 4) is 0 Å². The SMILES string of the molecule is CO[C@@H]1O[C@@H]2CO[C@@H](c3ccccc3)O[C@H]2[C@H](O)[C@H]1NC(C)=O. The lowest BCUT2D eigenvalue weighted by atomic mass is 9.95. The number of hydrogen-bond acceptors (Lipinski definition) is 6. The first-order valence-electron chi connectivity index (χ1n) is 7.55. The molecule has 7 nitrogen and oxygen atoms in total. The molecule has 2 fully saturated rings. The zero-order valence-electron chi connectivity index (χ0n) is 13.0. The van der Waals surface area contributed by atoms with Crippen LogP contribution in [0.1, 0.15) is 18.8 Å². The largest absolute Gasteiger partial charge is 0.388 e. The van der Waals surface area contributed by atoms with E-state index in [-0.39, 0.29) is 12.5 Å². The number of amides is 1. The molecular weight excluding hydrogens is 302 g/mol. The molecule has 0 spiro atoms. The van der Waals surface area contributed by atoms with E-state index >= 15 is 0 Å². The van der Waals surface area contributed by atoms with Gasteiger partial charge < -0.3 is 29.4 Å². The first-order valence-corrected chi connectivity index (χ1v) is 7.55. The molecule has 0 bridgehead atoms. The molecule has 1 aromatic carbocycles. The third-order valence-electron chi connectivity index (χ3n) is 4.04. The fourth-order valence-corrected chi connectivity index (χ4v) is 2.96. The van der Waals surface area contributed by atoms with Gasteiger partial charge in [0.1, 0.15) is 24.4 Å². The maximum absolute atomic E-state index is 11.4. The Hall–Kier alpha value is -1.51. The highest BCUT2D eigenvalue weighted by Gasteiger charge is 2.49. The number of benzene rings is 1. The van der Waals surface area contributed by atoms with Gasteiger partial charge in [-0.15, -0.1) is 0 Å². The van der Waals surface area contributed by atoms with Crippen LogP contribution in [0.3, 0.4) is 0 Å². The number of fused-ring (bicyclic) bond motifs is 1. The van der Waals surface area contributed by atoms with Gasteiger partial charge in [-0.3, -0.25) is 4.79 Å². The topological polar surface area (TPSA) is 86.2 Å². The fraction of sp³-hybridized carbons (Fsp3) is 0.562. The Labute approximate surface area is 134 Å². The molecule has 7 heteroatoms. The predicted molar refractivity (Wildman–Crippen MR) is 79.3 cm³/mol. The van der Waals surface area contributed by atoms with Gasteiger partial charge in [0.2, 0.25) is 5.91 Å². The van der Waals surface area contributed by atoms with Gasteiger partial charge in [-0.05, 0) is 0 Å². The van der Waals surface area contributed by atoms with Crippen LogP contribution in [0.2, 0.25) is 0 Å². The Morgan fingerprint density at radius 1 is 1.30 bits per heavy atom. The lowest BCUT2D eigenvalue weighted by Gasteiger charge is -2.47. The number of nitrogens with one attached hydrogen (secondary N) is 1. The molecule has 0 aliphatic carbocycles. The van der Waals surface area contributed by atoms with E-state index in [1.807, 2.05) is 30.3 Å². The maximum atomic E-state index is 11.4. The van der Waals surface area contributed by atoms with Gasteiger partial charge >= 0.3 is 0 Å². The molecular formula is C16H21NO6. The summed E-state index contributed by atoms with van der Waals surface area (Å²) < 4.78 is 22.6. The number of rotatable bonds is 3. The van der Waals surface area contributed by atoms with Gasteiger partial charge in [-0.2, -0.15) is 0 Å². The minimum Gasteiger partial charge on any atom is -0.388 e. The Kier molecular flexibility index (Phi) is 4.93. The van der Waals surface area contributed by atoms with Crippen LogP contribution in [0.4, 0.5) is 0 Å². The average Bonchev–Trinajstić information content (AvgIpc) is 2.57. The molecule has 6 atom stereocenters. The lowest BCUT2D eigenvalue weighted by molar-refractivity contribution is -0.341. The number of ether oxygens (including phenoxy) is 4. The molecule has 0 aromatic heterocycles. The minimum atomic E-state index is -0.960. The number of aliphatic hydroxyl groups excluding tert-OH is 1. The minimum absolute atomic E-state index is 0.272. The van der Waals surface area contributed by atoms with Crippen LogP contribution in [0.25, 0.3) is 0 Å². The van der Waals surface area contributed by atoms with Crippen molar-refractivity contribution >= 4 is 5.91 Å². The normalized spacial score (nSPS) is 37.0. The summed E-state index contributed by atoms with van der Waals surface area (Å²) in [6.45, 7) is 1.65. The molecule has 2 N–H and O–H groups in total. The summed E-state index contributed by atoms with van der Waals surface area (Å²) in [4.78, 5) is 11.4. The summed E-state index contributed by atoms with van der Waals surface area (Å²) in [5, 5.41) is 13.3. The second-order valence-corrected chi connectivity index (χ2v) is 5.67. The molecule has 2 aliphatic rings. The van der Waals surface area contributed by atoms with Crippen molar-refractivity contribution in [1.29, 1.82) is 0 Å². The van der Waals surface area contributed by atoms with Crippen LogP contribution in [0, 0.1) is 0 Å². The van der Waals surface area contributed by atoms with E-state index in [9.17, 15) is 9.90 Å². The van der Waals surface area contributed by atoms with Crippen molar-refractivity contribution in [3.63, 3.8) is 0 Å². The third kappa shape index (κ3) is 3.39. The van der Waals surface area contributed by atoms with Crippen LogP contribution >= 0.6 is 0 Å². The number of carbonyl (C=O) groups excluding carboxylic acids is 1. The van der Waals surface area contributed by atoms with Crippen molar-refractivity contribution in [2.45, 2.75) is 43.9 Å². The van der Waals surface area contributed by atoms with Crippen molar-refractivity contribution in [2.24, 2.45) is 0 Å². The molecule has 2 saturated heterocycles. The third-order valence-corrected chi connectivity index (χ3v) is 4.04. The molecule has 0 saturated carbocycles. The van der Waals surface area contributed by atoms with E-state index in [0.29, 0.717) is 0 Å². The number of hydrogen-bond donors (Lipinski definition) is 2. The summed E-state index contributed by atoms with van der Waals surface area (Å²) in [6, 6.07) is 8.78. The quantitative estimate of drug-likeness (QED) is 0.834. The van der Waals surface area contributed by atoms with Gasteiger partial charge in [-0.25, -0.2) is 0 Å². The van der Waals surface area contributed by atoms with Crippen LogP contribution < -0.4 is 5.32 Å². The molecule has 2 heterocycles. The van der Waals surface area contributed by atoms with Crippen molar-refractivity contribution in [3.05, 3.63) is 35.9 Å². The summed E-state index contributed by atoms with van der Waals surface area (Å²) in [6.07, 6.45) is -3.36. The van der Waals surface area contributed by atoms with Gasteiger partial charge in [0.15, 0.2) is 12.6 Å². The standard InChI is InChI=1S/C16H21NO6/c1-9(18)17-12-13(19)14-11(22-16(12)20-2)8-21-15(23-14)10-6-4-3-5-7-10/h3-7,11-16,19H,8H2,1-2H3,(H,17,18)/t11-,12-,13-,14-,15-,16-/m1/s1.